The maximum atomic E-state index is 13.2. The van der Waals surface area contributed by atoms with Gasteiger partial charge in [0.1, 0.15) is 16.8 Å². The first-order valence-electron chi connectivity index (χ1n) is 4.71. The second kappa shape index (κ2) is 5.80. The van der Waals surface area contributed by atoms with Crippen LogP contribution >= 0.6 is 23.2 Å². The van der Waals surface area contributed by atoms with E-state index in [9.17, 15) is 9.18 Å². The zero-order valence-corrected chi connectivity index (χ0v) is 11.1. The summed E-state index contributed by atoms with van der Waals surface area (Å²) in [5.74, 6) is -1.58. The van der Waals surface area contributed by atoms with Crippen LogP contribution in [0.15, 0.2) is 17.8 Å². The molecule has 4 nitrogen and oxygen atoms in total. The van der Waals surface area contributed by atoms with Crippen LogP contribution in [0.25, 0.3) is 0 Å². The number of Topliss-reactive ketones (excluding diaryl/α,β-unsaturated/α-hetero) is 1. The number of pyridine rings is 1. The van der Waals surface area contributed by atoms with E-state index in [1.807, 2.05) is 0 Å². The van der Waals surface area contributed by atoms with E-state index in [0.717, 1.165) is 6.07 Å². The van der Waals surface area contributed by atoms with E-state index in [-0.39, 0.29) is 16.3 Å². The predicted molar refractivity (Wildman–Crippen MR) is 65.9 cm³/mol. The van der Waals surface area contributed by atoms with Gasteiger partial charge >= 0.3 is 0 Å². The largest absolute Gasteiger partial charge is 0.382 e. The number of hydrogen-bond donors (Lipinski definition) is 0. The topological polar surface area (TPSA) is 57.0 Å². The average molecular weight is 288 g/mol. The van der Waals surface area contributed by atoms with Gasteiger partial charge in [-0.3, -0.25) is 4.79 Å². The maximum Gasteiger partial charge on any atom is 0.208 e. The number of nitriles is 1. The number of rotatable bonds is 3. The summed E-state index contributed by atoms with van der Waals surface area (Å²) in [4.78, 5) is 16.9. The molecular weight excluding hydrogens is 280 g/mol. The Labute approximate surface area is 113 Å². The Bertz CT molecular complexity index is 564. The summed E-state index contributed by atoms with van der Waals surface area (Å²) >= 11 is 11.1. The monoisotopic (exact) mass is 287 g/mol. The Kier molecular flexibility index (Phi) is 4.65. The number of halogens is 3. The predicted octanol–water partition coefficient (Wildman–Crippen LogP) is 2.68. The number of allylic oxidation sites excluding steroid dienone is 1. The van der Waals surface area contributed by atoms with Crippen LogP contribution in [0.4, 0.5) is 4.39 Å². The van der Waals surface area contributed by atoms with E-state index < -0.39 is 16.8 Å². The first kappa shape index (κ1) is 14.4. The first-order chi connectivity index (χ1) is 8.36. The molecule has 0 saturated carbocycles. The van der Waals surface area contributed by atoms with Crippen LogP contribution in [0.5, 0.6) is 0 Å². The molecule has 7 heteroatoms. The number of ketones is 1. The summed E-state index contributed by atoms with van der Waals surface area (Å²) in [5.41, 5.74) is -0.376. The lowest BCUT2D eigenvalue weighted by atomic mass is 10.1. The van der Waals surface area contributed by atoms with Crippen LogP contribution in [-0.2, 0) is 0 Å². The molecular formula is C11H8Cl2FN3O. The molecule has 0 saturated heterocycles. The number of hydrogen-bond acceptors (Lipinski definition) is 4. The average Bonchev–Trinajstić information content (AvgIpc) is 2.29. The van der Waals surface area contributed by atoms with Crippen molar-refractivity contribution in [2.24, 2.45) is 0 Å². The van der Waals surface area contributed by atoms with Gasteiger partial charge in [-0.25, -0.2) is 9.37 Å². The van der Waals surface area contributed by atoms with Crippen LogP contribution in [0, 0.1) is 17.1 Å². The highest BCUT2D eigenvalue weighted by Crippen LogP contribution is 2.22. The zero-order valence-electron chi connectivity index (χ0n) is 9.54. The minimum Gasteiger partial charge on any atom is -0.382 e. The third kappa shape index (κ3) is 3.19. The molecule has 0 aliphatic rings. The van der Waals surface area contributed by atoms with Gasteiger partial charge in [-0.05, 0) is 6.07 Å². The SMILES string of the molecule is CN(C)C=C(C#N)C(=O)c1cc(F)c(Cl)nc1Cl. The zero-order chi connectivity index (χ0) is 13.9. The minimum atomic E-state index is -0.869. The molecule has 0 spiro atoms. The summed E-state index contributed by atoms with van der Waals surface area (Å²) < 4.78 is 13.2. The van der Waals surface area contributed by atoms with Crippen molar-refractivity contribution in [3.63, 3.8) is 0 Å². The fourth-order valence-corrected chi connectivity index (χ4v) is 1.55. The summed E-state index contributed by atoms with van der Waals surface area (Å²) in [6.45, 7) is 0. The molecule has 0 unspecified atom stereocenters. The van der Waals surface area contributed by atoms with E-state index in [0.29, 0.717) is 0 Å². The van der Waals surface area contributed by atoms with Gasteiger partial charge in [0, 0.05) is 20.3 Å². The molecule has 1 rings (SSSR count). The summed E-state index contributed by atoms with van der Waals surface area (Å²) in [5, 5.41) is 8.20. The van der Waals surface area contributed by atoms with Crippen LogP contribution in [0.2, 0.25) is 10.3 Å². The van der Waals surface area contributed by atoms with Crippen LogP contribution < -0.4 is 0 Å². The normalized spacial score (nSPS) is 11.0. The van der Waals surface area contributed by atoms with Gasteiger partial charge < -0.3 is 4.90 Å². The van der Waals surface area contributed by atoms with Gasteiger partial charge in [0.25, 0.3) is 0 Å². The standard InChI is InChI=1S/C11H8Cl2FN3O/c1-17(2)5-6(4-15)9(18)7-3-8(14)11(13)16-10(7)12/h3,5H,1-2H3. The molecule has 94 valence electrons. The van der Waals surface area contributed by atoms with Crippen molar-refractivity contribution in [3.8, 4) is 6.07 Å². The number of carbonyl (C=O) groups is 1. The highest BCUT2D eigenvalue weighted by atomic mass is 35.5. The van der Waals surface area contributed by atoms with E-state index in [2.05, 4.69) is 4.98 Å². The molecule has 0 aromatic carbocycles. The Morgan fingerprint density at radius 2 is 2.11 bits per heavy atom. The van der Waals surface area contributed by atoms with Crippen molar-refractivity contribution in [1.82, 2.24) is 9.88 Å². The molecule has 1 aromatic rings. The smallest absolute Gasteiger partial charge is 0.208 e. The van der Waals surface area contributed by atoms with Crippen molar-refractivity contribution in [2.45, 2.75) is 0 Å². The van der Waals surface area contributed by atoms with Crippen LogP contribution in [0.3, 0.4) is 0 Å². The third-order valence-electron chi connectivity index (χ3n) is 1.88. The van der Waals surface area contributed by atoms with E-state index in [1.165, 1.54) is 11.1 Å². The molecule has 0 aliphatic carbocycles. The molecule has 18 heavy (non-hydrogen) atoms. The Morgan fingerprint density at radius 3 is 2.61 bits per heavy atom. The number of aromatic nitrogens is 1. The minimum absolute atomic E-state index is 0.176. The fraction of sp³-hybridized carbons (Fsp3) is 0.182. The van der Waals surface area contributed by atoms with E-state index >= 15 is 0 Å². The number of carbonyl (C=O) groups excluding carboxylic acids is 1. The lowest BCUT2D eigenvalue weighted by Crippen LogP contribution is -2.10. The Morgan fingerprint density at radius 1 is 1.50 bits per heavy atom. The van der Waals surface area contributed by atoms with Crippen molar-refractivity contribution in [1.29, 1.82) is 5.26 Å². The van der Waals surface area contributed by atoms with E-state index in [4.69, 9.17) is 28.5 Å². The number of nitrogens with zero attached hydrogens (tertiary/aromatic N) is 3. The molecule has 0 radical (unpaired) electrons. The van der Waals surface area contributed by atoms with Gasteiger partial charge in [-0.2, -0.15) is 5.26 Å². The van der Waals surface area contributed by atoms with Gasteiger partial charge in [-0.15, -0.1) is 0 Å². The van der Waals surface area contributed by atoms with Crippen LogP contribution in [-0.4, -0.2) is 29.8 Å². The molecule has 0 fully saturated rings. The Hall–Kier alpha value is -1.64. The quantitative estimate of drug-likeness (QED) is 0.371. The lowest BCUT2D eigenvalue weighted by molar-refractivity contribution is 0.103. The van der Waals surface area contributed by atoms with Crippen molar-refractivity contribution >= 4 is 29.0 Å². The van der Waals surface area contributed by atoms with Gasteiger partial charge in [0.15, 0.2) is 11.0 Å². The molecule has 0 aliphatic heterocycles. The summed E-state index contributed by atoms with van der Waals surface area (Å²) in [6, 6.07) is 2.58. The van der Waals surface area contributed by atoms with Crippen molar-refractivity contribution < 1.29 is 9.18 Å². The van der Waals surface area contributed by atoms with Crippen molar-refractivity contribution in [2.75, 3.05) is 14.1 Å². The molecule has 0 amide bonds. The maximum absolute atomic E-state index is 13.2. The van der Waals surface area contributed by atoms with Crippen molar-refractivity contribution in [3.05, 3.63) is 39.5 Å². The lowest BCUT2D eigenvalue weighted by Gasteiger charge is -2.07. The summed E-state index contributed by atoms with van der Waals surface area (Å²) in [6.07, 6.45) is 1.31. The first-order valence-corrected chi connectivity index (χ1v) is 5.47. The molecule has 0 bridgehead atoms. The molecule has 0 atom stereocenters. The third-order valence-corrected chi connectivity index (χ3v) is 2.44. The fourth-order valence-electron chi connectivity index (χ4n) is 1.15. The van der Waals surface area contributed by atoms with Gasteiger partial charge in [0.2, 0.25) is 5.78 Å². The second-order valence-corrected chi connectivity index (χ2v) is 4.26. The van der Waals surface area contributed by atoms with Crippen LogP contribution in [0.1, 0.15) is 10.4 Å². The molecule has 1 aromatic heterocycles. The van der Waals surface area contributed by atoms with Gasteiger partial charge in [-0.1, -0.05) is 23.2 Å². The molecule has 0 N–H and O–H groups in total. The highest BCUT2D eigenvalue weighted by Gasteiger charge is 2.19. The van der Waals surface area contributed by atoms with Gasteiger partial charge in [0.05, 0.1) is 5.56 Å². The Balaban J connectivity index is 3.27. The van der Waals surface area contributed by atoms with E-state index in [1.54, 1.807) is 20.2 Å². The molecule has 1 heterocycles. The highest BCUT2D eigenvalue weighted by molar-refractivity contribution is 6.35. The summed E-state index contributed by atoms with van der Waals surface area (Å²) in [7, 11) is 3.29. The second-order valence-electron chi connectivity index (χ2n) is 3.55.